The van der Waals surface area contributed by atoms with E-state index >= 15 is 0 Å². The van der Waals surface area contributed by atoms with E-state index in [0.29, 0.717) is 5.69 Å². The Morgan fingerprint density at radius 2 is 2.24 bits per heavy atom. The highest BCUT2D eigenvalue weighted by atomic mass is 16.4. The summed E-state index contributed by atoms with van der Waals surface area (Å²) in [6, 6.07) is 0. The number of carbonyl (C=O) groups is 2. The smallest absolute Gasteiger partial charge is 0.310 e. The quantitative estimate of drug-likeness (QED) is 0.725. The first-order chi connectivity index (χ1) is 7.86. The van der Waals surface area contributed by atoms with Gasteiger partial charge in [-0.3, -0.25) is 14.7 Å². The van der Waals surface area contributed by atoms with Crippen molar-refractivity contribution in [3.63, 3.8) is 0 Å². The van der Waals surface area contributed by atoms with E-state index in [4.69, 9.17) is 0 Å². The van der Waals surface area contributed by atoms with Crippen molar-refractivity contribution in [2.45, 2.75) is 27.2 Å². The first kappa shape index (κ1) is 13.2. The van der Waals surface area contributed by atoms with Crippen LogP contribution < -0.4 is 5.32 Å². The van der Waals surface area contributed by atoms with Crippen molar-refractivity contribution in [3.8, 4) is 0 Å². The van der Waals surface area contributed by atoms with Crippen molar-refractivity contribution in [3.05, 3.63) is 12.4 Å². The van der Waals surface area contributed by atoms with Crippen LogP contribution >= 0.6 is 0 Å². The van der Waals surface area contributed by atoms with Crippen LogP contribution in [0.3, 0.4) is 0 Å². The fourth-order valence-corrected chi connectivity index (χ4v) is 1.38. The van der Waals surface area contributed by atoms with Crippen LogP contribution in [0.1, 0.15) is 27.2 Å². The van der Waals surface area contributed by atoms with E-state index < -0.39 is 11.4 Å². The van der Waals surface area contributed by atoms with Crippen LogP contribution in [0.5, 0.6) is 0 Å². The predicted octanol–water partition coefficient (Wildman–Crippen LogP) is 1.49. The molecule has 0 aliphatic heterocycles. The molecule has 0 aliphatic rings. The lowest BCUT2D eigenvalue weighted by Gasteiger charge is -2.28. The van der Waals surface area contributed by atoms with Gasteiger partial charge in [-0.2, -0.15) is 5.10 Å². The van der Waals surface area contributed by atoms with Crippen LogP contribution in [-0.2, 0) is 9.59 Å². The summed E-state index contributed by atoms with van der Waals surface area (Å²) in [4.78, 5) is 22.9. The molecule has 6 nitrogen and oxygen atoms in total. The third-order valence-corrected chi connectivity index (χ3v) is 3.07. The van der Waals surface area contributed by atoms with Crippen molar-refractivity contribution in [1.82, 2.24) is 10.2 Å². The minimum absolute atomic E-state index is 0.0643. The zero-order valence-corrected chi connectivity index (χ0v) is 10.2. The average Bonchev–Trinajstić information content (AvgIpc) is 2.69. The summed E-state index contributed by atoms with van der Waals surface area (Å²) in [5.74, 6) is -1.42. The van der Waals surface area contributed by atoms with Gasteiger partial charge in [0.25, 0.3) is 0 Å². The molecule has 1 aromatic rings. The number of aliphatic carboxylic acids is 1. The molecule has 17 heavy (non-hydrogen) atoms. The summed E-state index contributed by atoms with van der Waals surface area (Å²) < 4.78 is 0. The second-order valence-electron chi connectivity index (χ2n) is 4.59. The highest BCUT2D eigenvalue weighted by Gasteiger charge is 2.38. The largest absolute Gasteiger partial charge is 0.481 e. The fraction of sp³-hybridized carbons (Fsp3) is 0.545. The monoisotopic (exact) mass is 239 g/mol. The Bertz CT molecular complexity index is 400. The minimum atomic E-state index is -1.06. The Hall–Kier alpha value is -1.85. The second-order valence-corrected chi connectivity index (χ2v) is 4.59. The molecule has 1 atom stereocenters. The number of aromatic nitrogens is 2. The predicted molar refractivity (Wildman–Crippen MR) is 62.4 cm³/mol. The van der Waals surface area contributed by atoms with E-state index in [2.05, 4.69) is 15.5 Å². The highest BCUT2D eigenvalue weighted by molar-refractivity contribution is 5.94. The van der Waals surface area contributed by atoms with Crippen LogP contribution in [-0.4, -0.2) is 27.2 Å². The lowest BCUT2D eigenvalue weighted by molar-refractivity contribution is -0.153. The van der Waals surface area contributed by atoms with E-state index in [9.17, 15) is 14.7 Å². The highest BCUT2D eigenvalue weighted by Crippen LogP contribution is 2.31. The summed E-state index contributed by atoms with van der Waals surface area (Å²) in [7, 11) is 0. The van der Waals surface area contributed by atoms with Gasteiger partial charge in [-0.25, -0.2) is 0 Å². The van der Waals surface area contributed by atoms with Crippen molar-refractivity contribution in [2.75, 3.05) is 5.32 Å². The first-order valence-electron chi connectivity index (χ1n) is 5.38. The summed E-state index contributed by atoms with van der Waals surface area (Å²) in [5, 5.41) is 18.0. The van der Waals surface area contributed by atoms with E-state index in [1.54, 1.807) is 20.8 Å². The third-order valence-electron chi connectivity index (χ3n) is 3.07. The number of nitrogens with zero attached hydrogens (tertiary/aromatic N) is 1. The van der Waals surface area contributed by atoms with Gasteiger partial charge < -0.3 is 10.4 Å². The van der Waals surface area contributed by atoms with Crippen molar-refractivity contribution >= 4 is 17.6 Å². The van der Waals surface area contributed by atoms with Crippen LogP contribution in [0, 0.1) is 11.3 Å². The average molecular weight is 239 g/mol. The molecule has 0 fully saturated rings. The number of rotatable bonds is 5. The molecule has 94 valence electrons. The molecular formula is C11H17N3O3. The zero-order valence-electron chi connectivity index (χ0n) is 10.2. The lowest BCUT2D eigenvalue weighted by Crippen LogP contribution is -2.37. The van der Waals surface area contributed by atoms with Gasteiger partial charge >= 0.3 is 5.97 Å². The zero-order chi connectivity index (χ0) is 13.1. The number of nitrogens with one attached hydrogen (secondary N) is 2. The van der Waals surface area contributed by atoms with E-state index in [1.807, 2.05) is 0 Å². The Morgan fingerprint density at radius 3 is 2.65 bits per heavy atom. The number of hydrogen-bond donors (Lipinski definition) is 3. The normalized spacial score (nSPS) is 14.4. The second kappa shape index (κ2) is 4.99. The Labute approximate surface area is 99.4 Å². The van der Waals surface area contributed by atoms with Crippen LogP contribution in [0.25, 0.3) is 0 Å². The van der Waals surface area contributed by atoms with Gasteiger partial charge in [0.1, 0.15) is 0 Å². The van der Waals surface area contributed by atoms with Crippen LogP contribution in [0.15, 0.2) is 12.4 Å². The van der Waals surface area contributed by atoms with Gasteiger partial charge in [0.15, 0.2) is 0 Å². The summed E-state index contributed by atoms with van der Waals surface area (Å²) in [5.41, 5.74) is -0.528. The maximum absolute atomic E-state index is 11.7. The van der Waals surface area contributed by atoms with Crippen molar-refractivity contribution in [1.29, 1.82) is 0 Å². The molecule has 3 N–H and O–H groups in total. The summed E-state index contributed by atoms with van der Waals surface area (Å²) >= 11 is 0. The van der Waals surface area contributed by atoms with Crippen LogP contribution in [0.4, 0.5) is 5.69 Å². The van der Waals surface area contributed by atoms with E-state index in [-0.39, 0.29) is 18.2 Å². The molecule has 0 aromatic carbocycles. The molecule has 0 aliphatic carbocycles. The number of carboxylic acid groups (broad SMARTS) is 1. The minimum Gasteiger partial charge on any atom is -0.481 e. The molecule has 0 bridgehead atoms. The van der Waals surface area contributed by atoms with Crippen LogP contribution in [0.2, 0.25) is 0 Å². The molecule has 0 saturated carbocycles. The molecule has 1 aromatic heterocycles. The topological polar surface area (TPSA) is 95.1 Å². The van der Waals surface area contributed by atoms with E-state index in [0.717, 1.165) is 0 Å². The molecule has 1 rings (SSSR count). The van der Waals surface area contributed by atoms with Gasteiger partial charge in [-0.1, -0.05) is 13.8 Å². The van der Waals surface area contributed by atoms with Crippen molar-refractivity contribution in [2.24, 2.45) is 11.3 Å². The third kappa shape index (κ3) is 3.05. The standard InChI is InChI=1S/C11H17N3O3/c1-7(2)11(3,10(16)17)4-9(15)14-8-5-12-13-6-8/h5-7H,4H2,1-3H3,(H,12,13)(H,14,15)(H,16,17). The van der Waals surface area contributed by atoms with Gasteiger partial charge in [0.2, 0.25) is 5.91 Å². The van der Waals surface area contributed by atoms with Gasteiger partial charge in [-0.05, 0) is 12.8 Å². The summed E-state index contributed by atoms with van der Waals surface area (Å²) in [6.45, 7) is 5.16. The number of hydrogen-bond acceptors (Lipinski definition) is 3. The molecule has 1 heterocycles. The van der Waals surface area contributed by atoms with E-state index in [1.165, 1.54) is 12.4 Å². The summed E-state index contributed by atoms with van der Waals surface area (Å²) in [6.07, 6.45) is 2.93. The molecule has 0 saturated heterocycles. The number of aromatic amines is 1. The molecular weight excluding hydrogens is 222 g/mol. The molecule has 1 unspecified atom stereocenters. The maximum atomic E-state index is 11.7. The number of carboxylic acids is 1. The fourth-order valence-electron chi connectivity index (χ4n) is 1.38. The van der Waals surface area contributed by atoms with Gasteiger partial charge in [0, 0.05) is 12.6 Å². The van der Waals surface area contributed by atoms with Gasteiger partial charge in [-0.15, -0.1) is 0 Å². The Kier molecular flexibility index (Phi) is 3.88. The SMILES string of the molecule is CC(C)C(C)(CC(=O)Nc1cn[nH]c1)C(=O)O. The first-order valence-corrected chi connectivity index (χ1v) is 5.38. The Balaban J connectivity index is 2.69. The number of amides is 1. The molecule has 0 spiro atoms. The lowest BCUT2D eigenvalue weighted by atomic mass is 9.76. The molecule has 6 heteroatoms. The number of anilines is 1. The molecule has 0 radical (unpaired) electrons. The van der Waals surface area contributed by atoms with Crippen molar-refractivity contribution < 1.29 is 14.7 Å². The van der Waals surface area contributed by atoms with Gasteiger partial charge in [0.05, 0.1) is 17.3 Å². The maximum Gasteiger partial charge on any atom is 0.310 e. The number of H-pyrrole nitrogens is 1. The molecule has 1 amide bonds. The Morgan fingerprint density at radius 1 is 1.59 bits per heavy atom. The number of carbonyl (C=O) groups excluding carboxylic acids is 1.